The standard InChI is InChI=1S/C10H11ClO2/c1-7-3-5-9(6-4-7)13-8(2)10(11)12/h3-6,8H,1-2H3/t8-/m0/s1. The summed E-state index contributed by atoms with van der Waals surface area (Å²) in [4.78, 5) is 10.7. The van der Waals surface area contributed by atoms with Gasteiger partial charge in [-0.05, 0) is 37.6 Å². The van der Waals surface area contributed by atoms with Crippen LogP contribution in [0.5, 0.6) is 5.75 Å². The minimum Gasteiger partial charge on any atom is -0.482 e. The second-order valence-electron chi connectivity index (χ2n) is 2.88. The summed E-state index contributed by atoms with van der Waals surface area (Å²) >= 11 is 5.25. The SMILES string of the molecule is Cc1ccc(O[C@@H](C)C(=O)Cl)cc1. The third-order valence-electron chi connectivity index (χ3n) is 1.65. The first-order valence-electron chi connectivity index (χ1n) is 4.02. The summed E-state index contributed by atoms with van der Waals surface area (Å²) in [6.07, 6.45) is -0.593. The number of carbonyl (C=O) groups excluding carboxylic acids is 1. The number of ether oxygens (including phenoxy) is 1. The Hall–Kier alpha value is -1.02. The first-order chi connectivity index (χ1) is 6.09. The van der Waals surface area contributed by atoms with Crippen molar-refractivity contribution < 1.29 is 9.53 Å². The predicted molar refractivity (Wildman–Crippen MR) is 52.1 cm³/mol. The largest absolute Gasteiger partial charge is 0.482 e. The fraction of sp³-hybridized carbons (Fsp3) is 0.300. The topological polar surface area (TPSA) is 26.3 Å². The monoisotopic (exact) mass is 198 g/mol. The van der Waals surface area contributed by atoms with Crippen molar-refractivity contribution in [1.82, 2.24) is 0 Å². The molecule has 0 radical (unpaired) electrons. The Balaban J connectivity index is 2.64. The zero-order chi connectivity index (χ0) is 9.84. The van der Waals surface area contributed by atoms with Crippen LogP contribution in [0.2, 0.25) is 0 Å². The van der Waals surface area contributed by atoms with E-state index >= 15 is 0 Å². The van der Waals surface area contributed by atoms with Gasteiger partial charge in [0.05, 0.1) is 0 Å². The Bertz CT molecular complexity index is 292. The molecule has 0 saturated carbocycles. The summed E-state index contributed by atoms with van der Waals surface area (Å²) in [5.74, 6) is 0.659. The van der Waals surface area contributed by atoms with E-state index in [1.165, 1.54) is 0 Å². The lowest BCUT2D eigenvalue weighted by Crippen LogP contribution is -2.18. The number of hydrogen-bond acceptors (Lipinski definition) is 2. The summed E-state index contributed by atoms with van der Waals surface area (Å²) in [5.41, 5.74) is 1.15. The summed E-state index contributed by atoms with van der Waals surface area (Å²) in [6, 6.07) is 7.46. The van der Waals surface area contributed by atoms with Gasteiger partial charge in [-0.2, -0.15) is 0 Å². The van der Waals surface area contributed by atoms with Gasteiger partial charge in [0.15, 0.2) is 6.10 Å². The van der Waals surface area contributed by atoms with E-state index in [1.807, 2.05) is 31.2 Å². The van der Waals surface area contributed by atoms with Crippen LogP contribution in [-0.2, 0) is 4.79 Å². The number of rotatable bonds is 3. The van der Waals surface area contributed by atoms with Crippen LogP contribution < -0.4 is 4.74 Å². The average molecular weight is 199 g/mol. The fourth-order valence-electron chi connectivity index (χ4n) is 0.867. The number of hydrogen-bond donors (Lipinski definition) is 0. The van der Waals surface area contributed by atoms with Gasteiger partial charge in [-0.25, -0.2) is 0 Å². The Labute approximate surface area is 82.5 Å². The van der Waals surface area contributed by atoms with E-state index < -0.39 is 11.3 Å². The maximum Gasteiger partial charge on any atom is 0.262 e. The lowest BCUT2D eigenvalue weighted by atomic mass is 10.2. The normalized spacial score (nSPS) is 12.2. The quantitative estimate of drug-likeness (QED) is 0.698. The van der Waals surface area contributed by atoms with Crippen molar-refractivity contribution in [3.05, 3.63) is 29.8 Å². The summed E-state index contributed by atoms with van der Waals surface area (Å²) in [6.45, 7) is 3.61. The molecule has 0 aliphatic carbocycles. The molecule has 0 aliphatic heterocycles. The molecule has 0 fully saturated rings. The molecule has 0 aliphatic rings. The van der Waals surface area contributed by atoms with Crippen LogP contribution in [0.4, 0.5) is 0 Å². The number of halogens is 1. The molecule has 0 bridgehead atoms. The Morgan fingerprint density at radius 1 is 1.38 bits per heavy atom. The van der Waals surface area contributed by atoms with Gasteiger partial charge < -0.3 is 4.74 Å². The molecule has 0 amide bonds. The molecule has 1 aromatic carbocycles. The van der Waals surface area contributed by atoms with Crippen molar-refractivity contribution in [3.8, 4) is 5.75 Å². The highest BCUT2D eigenvalue weighted by Gasteiger charge is 2.10. The number of benzene rings is 1. The van der Waals surface area contributed by atoms with Crippen LogP contribution in [0.3, 0.4) is 0 Å². The zero-order valence-corrected chi connectivity index (χ0v) is 8.34. The zero-order valence-electron chi connectivity index (χ0n) is 7.58. The summed E-state index contributed by atoms with van der Waals surface area (Å²) in [7, 11) is 0. The lowest BCUT2D eigenvalue weighted by Gasteiger charge is -2.09. The molecule has 2 nitrogen and oxygen atoms in total. The molecule has 3 heteroatoms. The van der Waals surface area contributed by atoms with Crippen molar-refractivity contribution in [2.75, 3.05) is 0 Å². The molecule has 1 atom stereocenters. The van der Waals surface area contributed by atoms with Crippen LogP contribution in [0.25, 0.3) is 0 Å². The molecular formula is C10H11ClO2. The van der Waals surface area contributed by atoms with Gasteiger partial charge in [0.1, 0.15) is 5.75 Å². The minimum atomic E-state index is -0.593. The van der Waals surface area contributed by atoms with Crippen LogP contribution in [0.1, 0.15) is 12.5 Å². The molecule has 1 aromatic rings. The molecule has 0 unspecified atom stereocenters. The highest BCUT2D eigenvalue weighted by molar-refractivity contribution is 6.64. The maximum absolute atomic E-state index is 10.7. The lowest BCUT2D eigenvalue weighted by molar-refractivity contribution is -0.117. The van der Waals surface area contributed by atoms with Gasteiger partial charge in [0.25, 0.3) is 5.24 Å². The third-order valence-corrected chi connectivity index (χ3v) is 1.96. The minimum absolute atomic E-state index is 0.486. The van der Waals surface area contributed by atoms with Crippen LogP contribution in [0, 0.1) is 6.92 Å². The number of aryl methyl sites for hydroxylation is 1. The van der Waals surface area contributed by atoms with Gasteiger partial charge in [0.2, 0.25) is 0 Å². The predicted octanol–water partition coefficient (Wildman–Crippen LogP) is 2.53. The van der Waals surface area contributed by atoms with Crippen molar-refractivity contribution in [3.63, 3.8) is 0 Å². The van der Waals surface area contributed by atoms with Gasteiger partial charge in [-0.15, -0.1) is 0 Å². The van der Waals surface area contributed by atoms with E-state index in [4.69, 9.17) is 16.3 Å². The molecule has 1 rings (SSSR count). The van der Waals surface area contributed by atoms with Crippen LogP contribution >= 0.6 is 11.6 Å². The highest BCUT2D eigenvalue weighted by atomic mass is 35.5. The van der Waals surface area contributed by atoms with Crippen molar-refractivity contribution in [1.29, 1.82) is 0 Å². The van der Waals surface area contributed by atoms with E-state index in [0.717, 1.165) is 5.56 Å². The summed E-state index contributed by atoms with van der Waals surface area (Å²) in [5, 5.41) is -0.486. The molecule has 0 spiro atoms. The van der Waals surface area contributed by atoms with E-state index in [0.29, 0.717) is 5.75 Å². The van der Waals surface area contributed by atoms with E-state index in [9.17, 15) is 4.79 Å². The summed E-state index contributed by atoms with van der Waals surface area (Å²) < 4.78 is 5.25. The number of carbonyl (C=O) groups is 1. The van der Waals surface area contributed by atoms with Crippen LogP contribution in [-0.4, -0.2) is 11.3 Å². The van der Waals surface area contributed by atoms with Crippen molar-refractivity contribution in [2.24, 2.45) is 0 Å². The van der Waals surface area contributed by atoms with E-state index in [2.05, 4.69) is 0 Å². The second kappa shape index (κ2) is 4.28. The first kappa shape index (κ1) is 10.1. The molecule has 70 valence electrons. The van der Waals surface area contributed by atoms with Gasteiger partial charge in [-0.3, -0.25) is 4.79 Å². The average Bonchev–Trinajstić information content (AvgIpc) is 2.08. The first-order valence-corrected chi connectivity index (χ1v) is 4.40. The van der Waals surface area contributed by atoms with Gasteiger partial charge >= 0.3 is 0 Å². The molecular weight excluding hydrogens is 188 g/mol. The molecule has 13 heavy (non-hydrogen) atoms. The van der Waals surface area contributed by atoms with Gasteiger partial charge in [-0.1, -0.05) is 17.7 Å². The maximum atomic E-state index is 10.7. The van der Waals surface area contributed by atoms with Gasteiger partial charge in [0, 0.05) is 0 Å². The second-order valence-corrected chi connectivity index (χ2v) is 3.25. The van der Waals surface area contributed by atoms with Crippen LogP contribution in [0.15, 0.2) is 24.3 Å². The third kappa shape index (κ3) is 3.07. The Kier molecular flexibility index (Phi) is 3.32. The van der Waals surface area contributed by atoms with E-state index in [1.54, 1.807) is 6.92 Å². The smallest absolute Gasteiger partial charge is 0.262 e. The molecule has 0 aromatic heterocycles. The molecule has 0 saturated heterocycles. The Morgan fingerprint density at radius 3 is 2.38 bits per heavy atom. The fourth-order valence-corrected chi connectivity index (χ4v) is 0.912. The highest BCUT2D eigenvalue weighted by Crippen LogP contribution is 2.13. The molecule has 0 N–H and O–H groups in total. The van der Waals surface area contributed by atoms with Crippen molar-refractivity contribution in [2.45, 2.75) is 20.0 Å². The van der Waals surface area contributed by atoms with E-state index in [-0.39, 0.29) is 0 Å². The Morgan fingerprint density at radius 2 is 1.92 bits per heavy atom. The van der Waals surface area contributed by atoms with Crippen molar-refractivity contribution >= 4 is 16.8 Å². The molecule has 0 heterocycles.